The van der Waals surface area contributed by atoms with E-state index in [1.54, 1.807) is 31.3 Å². The molecule has 0 fully saturated rings. The molecule has 0 saturated carbocycles. The third-order valence-corrected chi connectivity index (χ3v) is 2.88. The molecule has 2 rings (SSSR count). The molecule has 0 spiro atoms. The minimum Gasteiger partial charge on any atom is -0.366 e. The van der Waals surface area contributed by atoms with E-state index in [9.17, 15) is 9.59 Å². The second kappa shape index (κ2) is 5.35. The molecule has 0 radical (unpaired) electrons. The molecule has 19 heavy (non-hydrogen) atoms. The van der Waals surface area contributed by atoms with Crippen molar-refractivity contribution in [2.75, 3.05) is 7.05 Å². The molecule has 2 aromatic carbocycles. The minimum absolute atomic E-state index is 0.115. The smallest absolute Gasteiger partial charge is 0.251 e. The van der Waals surface area contributed by atoms with Crippen molar-refractivity contribution in [2.45, 2.75) is 0 Å². The van der Waals surface area contributed by atoms with Gasteiger partial charge >= 0.3 is 0 Å². The highest BCUT2D eigenvalue weighted by Crippen LogP contribution is 2.20. The molecule has 3 N–H and O–H groups in total. The summed E-state index contributed by atoms with van der Waals surface area (Å²) in [6.07, 6.45) is 0. The van der Waals surface area contributed by atoms with Gasteiger partial charge in [-0.3, -0.25) is 9.59 Å². The lowest BCUT2D eigenvalue weighted by Gasteiger charge is -2.04. The van der Waals surface area contributed by atoms with E-state index in [1.807, 2.05) is 24.3 Å². The maximum Gasteiger partial charge on any atom is 0.251 e. The Balaban J connectivity index is 2.27. The summed E-state index contributed by atoms with van der Waals surface area (Å²) >= 11 is 0. The maximum atomic E-state index is 11.4. The highest BCUT2D eigenvalue weighted by molar-refractivity contribution is 5.95. The van der Waals surface area contributed by atoms with Gasteiger partial charge in [0.1, 0.15) is 0 Å². The predicted molar refractivity (Wildman–Crippen MR) is 73.8 cm³/mol. The standard InChI is InChI=1S/C15H14N2O2/c1-17-15(19)13-8-4-11(5-9-13)10-2-6-12(7-3-10)14(16)18/h2-9H,1H3,(H2,16,18)(H,17,19). The van der Waals surface area contributed by atoms with Gasteiger partial charge in [0, 0.05) is 18.2 Å². The van der Waals surface area contributed by atoms with Gasteiger partial charge in [0.15, 0.2) is 0 Å². The van der Waals surface area contributed by atoms with Crippen LogP contribution >= 0.6 is 0 Å². The Morgan fingerprint density at radius 3 is 1.63 bits per heavy atom. The van der Waals surface area contributed by atoms with Crippen LogP contribution in [0.25, 0.3) is 11.1 Å². The zero-order valence-electron chi connectivity index (χ0n) is 10.5. The fraction of sp³-hybridized carbons (Fsp3) is 0.0667. The summed E-state index contributed by atoms with van der Waals surface area (Å²) in [6.45, 7) is 0. The molecule has 0 unspecified atom stereocenters. The van der Waals surface area contributed by atoms with Crippen LogP contribution in [0.15, 0.2) is 48.5 Å². The van der Waals surface area contributed by atoms with Crippen LogP contribution in [0.5, 0.6) is 0 Å². The first-order valence-corrected chi connectivity index (χ1v) is 5.84. The van der Waals surface area contributed by atoms with Crippen LogP contribution in [0.1, 0.15) is 20.7 Å². The largest absolute Gasteiger partial charge is 0.366 e. The highest BCUT2D eigenvalue weighted by Gasteiger charge is 2.04. The summed E-state index contributed by atoms with van der Waals surface area (Å²) in [4.78, 5) is 22.4. The zero-order valence-corrected chi connectivity index (χ0v) is 10.5. The van der Waals surface area contributed by atoms with E-state index in [-0.39, 0.29) is 5.91 Å². The number of amides is 2. The van der Waals surface area contributed by atoms with Crippen LogP contribution in [0.2, 0.25) is 0 Å². The number of rotatable bonds is 3. The van der Waals surface area contributed by atoms with Gasteiger partial charge in [0.25, 0.3) is 5.91 Å². The van der Waals surface area contributed by atoms with Crippen molar-refractivity contribution in [3.05, 3.63) is 59.7 Å². The van der Waals surface area contributed by atoms with E-state index < -0.39 is 5.91 Å². The maximum absolute atomic E-state index is 11.4. The van der Waals surface area contributed by atoms with Crippen LogP contribution in [-0.2, 0) is 0 Å². The molecule has 0 bridgehead atoms. The molecule has 0 heterocycles. The Kier molecular flexibility index (Phi) is 3.61. The number of carbonyl (C=O) groups is 2. The van der Waals surface area contributed by atoms with Crippen LogP contribution in [0.4, 0.5) is 0 Å². The quantitative estimate of drug-likeness (QED) is 0.876. The molecule has 0 saturated heterocycles. The first kappa shape index (κ1) is 12.8. The molecule has 2 aromatic rings. The topological polar surface area (TPSA) is 72.2 Å². The third kappa shape index (κ3) is 2.80. The number of primary amides is 1. The van der Waals surface area contributed by atoms with E-state index in [4.69, 9.17) is 5.73 Å². The van der Waals surface area contributed by atoms with Crippen LogP contribution in [0.3, 0.4) is 0 Å². The van der Waals surface area contributed by atoms with Gasteiger partial charge in [0.2, 0.25) is 5.91 Å². The fourth-order valence-electron chi connectivity index (χ4n) is 1.79. The van der Waals surface area contributed by atoms with Crippen molar-refractivity contribution < 1.29 is 9.59 Å². The number of hydrogen-bond donors (Lipinski definition) is 2. The van der Waals surface area contributed by atoms with Gasteiger partial charge in [0.05, 0.1) is 0 Å². The SMILES string of the molecule is CNC(=O)c1ccc(-c2ccc(C(N)=O)cc2)cc1. The minimum atomic E-state index is -0.443. The number of carbonyl (C=O) groups excluding carboxylic acids is 2. The number of nitrogens with one attached hydrogen (secondary N) is 1. The lowest BCUT2D eigenvalue weighted by Crippen LogP contribution is -2.17. The summed E-state index contributed by atoms with van der Waals surface area (Å²) < 4.78 is 0. The Bertz CT molecular complexity index is 601. The molecule has 96 valence electrons. The molecule has 0 aliphatic rings. The summed E-state index contributed by atoms with van der Waals surface area (Å²) in [5.41, 5.74) is 8.22. The molecule has 2 amide bonds. The fourth-order valence-corrected chi connectivity index (χ4v) is 1.79. The molecule has 0 aliphatic carbocycles. The van der Waals surface area contributed by atoms with Crippen LogP contribution in [-0.4, -0.2) is 18.9 Å². The van der Waals surface area contributed by atoms with E-state index in [1.165, 1.54) is 0 Å². The summed E-state index contributed by atoms with van der Waals surface area (Å²) in [7, 11) is 1.60. The van der Waals surface area contributed by atoms with Crippen molar-refractivity contribution in [3.63, 3.8) is 0 Å². The lowest BCUT2D eigenvalue weighted by molar-refractivity contribution is 0.0961. The number of hydrogen-bond acceptors (Lipinski definition) is 2. The zero-order chi connectivity index (χ0) is 13.8. The summed E-state index contributed by atoms with van der Waals surface area (Å²) in [6, 6.07) is 14.3. The van der Waals surface area contributed by atoms with Gasteiger partial charge in [-0.25, -0.2) is 0 Å². The molecule has 0 aromatic heterocycles. The molecule has 4 heteroatoms. The van der Waals surface area contributed by atoms with Crippen LogP contribution < -0.4 is 11.1 Å². The summed E-state index contributed by atoms with van der Waals surface area (Å²) in [5.74, 6) is -0.558. The molecular weight excluding hydrogens is 240 g/mol. The first-order chi connectivity index (χ1) is 9.11. The highest BCUT2D eigenvalue weighted by atomic mass is 16.1. The van der Waals surface area contributed by atoms with Gasteiger partial charge in [-0.15, -0.1) is 0 Å². The second-order valence-corrected chi connectivity index (χ2v) is 4.10. The van der Waals surface area contributed by atoms with Crippen molar-refractivity contribution in [1.29, 1.82) is 0 Å². The van der Waals surface area contributed by atoms with Crippen LogP contribution in [0, 0.1) is 0 Å². The van der Waals surface area contributed by atoms with E-state index in [0.717, 1.165) is 11.1 Å². The number of benzene rings is 2. The van der Waals surface area contributed by atoms with E-state index >= 15 is 0 Å². The first-order valence-electron chi connectivity index (χ1n) is 5.84. The van der Waals surface area contributed by atoms with Crippen molar-refractivity contribution >= 4 is 11.8 Å². The predicted octanol–water partition coefficient (Wildman–Crippen LogP) is 1.81. The van der Waals surface area contributed by atoms with Crippen molar-refractivity contribution in [3.8, 4) is 11.1 Å². The van der Waals surface area contributed by atoms with Crippen molar-refractivity contribution in [1.82, 2.24) is 5.32 Å². The molecule has 0 aliphatic heterocycles. The molecular formula is C15H14N2O2. The monoisotopic (exact) mass is 254 g/mol. The lowest BCUT2D eigenvalue weighted by atomic mass is 10.0. The molecule has 4 nitrogen and oxygen atoms in total. The Labute approximate surface area is 111 Å². The Morgan fingerprint density at radius 2 is 1.26 bits per heavy atom. The Morgan fingerprint density at radius 1 is 0.842 bits per heavy atom. The van der Waals surface area contributed by atoms with Gasteiger partial charge < -0.3 is 11.1 Å². The Hall–Kier alpha value is -2.62. The van der Waals surface area contributed by atoms with Gasteiger partial charge in [-0.05, 0) is 35.4 Å². The average Bonchev–Trinajstić information content (AvgIpc) is 2.46. The second-order valence-electron chi connectivity index (χ2n) is 4.10. The third-order valence-electron chi connectivity index (χ3n) is 2.88. The average molecular weight is 254 g/mol. The normalized spacial score (nSPS) is 9.95. The molecule has 0 atom stereocenters. The van der Waals surface area contributed by atoms with E-state index in [2.05, 4.69) is 5.32 Å². The summed E-state index contributed by atoms with van der Waals surface area (Å²) in [5, 5.41) is 2.57. The van der Waals surface area contributed by atoms with Gasteiger partial charge in [-0.1, -0.05) is 24.3 Å². The number of nitrogens with two attached hydrogens (primary N) is 1. The van der Waals surface area contributed by atoms with Crippen molar-refractivity contribution in [2.24, 2.45) is 5.73 Å². The van der Waals surface area contributed by atoms with E-state index in [0.29, 0.717) is 11.1 Å². The van der Waals surface area contributed by atoms with Gasteiger partial charge in [-0.2, -0.15) is 0 Å².